The fraction of sp³-hybridized carbons (Fsp3) is 0.389. The first-order chi connectivity index (χ1) is 12.6. The van der Waals surface area contributed by atoms with Crippen LogP contribution in [0.4, 0.5) is 5.82 Å². The van der Waals surface area contributed by atoms with Crippen LogP contribution >= 0.6 is 0 Å². The van der Waals surface area contributed by atoms with Crippen LogP contribution in [0.25, 0.3) is 5.65 Å². The number of fused-ring (bicyclic) bond motifs is 1. The average molecular weight is 352 g/mol. The highest BCUT2D eigenvalue weighted by atomic mass is 16.5. The molecule has 2 aromatic heterocycles. The molecule has 3 heterocycles. The molecule has 0 atom stereocenters. The minimum Gasteiger partial charge on any atom is -0.426 e. The zero-order valence-corrected chi connectivity index (χ0v) is 14.8. The van der Waals surface area contributed by atoms with Crippen molar-refractivity contribution in [1.82, 2.24) is 25.3 Å². The van der Waals surface area contributed by atoms with E-state index in [4.69, 9.17) is 4.74 Å². The van der Waals surface area contributed by atoms with E-state index in [2.05, 4.69) is 25.5 Å². The predicted octanol–water partition coefficient (Wildman–Crippen LogP) is 1.96. The number of benzene rings is 1. The number of rotatable bonds is 3. The number of ether oxygens (including phenoxy) is 1. The summed E-state index contributed by atoms with van der Waals surface area (Å²) in [7, 11) is 0. The van der Waals surface area contributed by atoms with Crippen molar-refractivity contribution < 1.29 is 9.53 Å². The lowest BCUT2D eigenvalue weighted by Crippen LogP contribution is -2.38. The topological polar surface area (TPSA) is 85.5 Å². The third-order valence-electron chi connectivity index (χ3n) is 4.97. The number of piperidine rings is 1. The Labute approximate surface area is 150 Å². The Bertz CT molecular complexity index is 946. The van der Waals surface area contributed by atoms with Gasteiger partial charge in [0.05, 0.1) is 5.92 Å². The maximum absolute atomic E-state index is 12.5. The highest BCUT2D eigenvalue weighted by molar-refractivity contribution is 5.76. The standard InChI is InChI=1S/C18H20N6O2/c1-12-4-3-5-15(13(12)2)26-18(25)14-8-10-23(11-9-14)17-7-6-16-19-21-22-24(16)20-17/h3-7,14H,8-11H2,1-2H3. The van der Waals surface area contributed by atoms with Gasteiger partial charge in [-0.3, -0.25) is 4.79 Å². The van der Waals surface area contributed by atoms with E-state index in [0.717, 1.165) is 42.9 Å². The summed E-state index contributed by atoms with van der Waals surface area (Å²) in [5, 5.41) is 15.7. The van der Waals surface area contributed by atoms with E-state index in [-0.39, 0.29) is 11.9 Å². The number of carbonyl (C=O) groups excluding carboxylic acids is 1. The molecule has 0 bridgehead atoms. The normalized spacial score (nSPS) is 15.4. The van der Waals surface area contributed by atoms with Gasteiger partial charge in [-0.1, -0.05) is 12.1 Å². The lowest BCUT2D eigenvalue weighted by Gasteiger charge is -2.31. The quantitative estimate of drug-likeness (QED) is 0.526. The fourth-order valence-corrected chi connectivity index (χ4v) is 3.18. The molecule has 1 aromatic carbocycles. The van der Waals surface area contributed by atoms with Gasteiger partial charge in [-0.2, -0.15) is 0 Å². The second-order valence-corrected chi connectivity index (χ2v) is 6.60. The summed E-state index contributed by atoms with van der Waals surface area (Å²) in [6, 6.07) is 9.51. The maximum Gasteiger partial charge on any atom is 0.314 e. The van der Waals surface area contributed by atoms with E-state index >= 15 is 0 Å². The third kappa shape index (κ3) is 3.10. The van der Waals surface area contributed by atoms with Crippen molar-refractivity contribution in [3.05, 3.63) is 41.5 Å². The van der Waals surface area contributed by atoms with Gasteiger partial charge in [0.15, 0.2) is 11.5 Å². The fourth-order valence-electron chi connectivity index (χ4n) is 3.18. The first kappa shape index (κ1) is 16.4. The van der Waals surface area contributed by atoms with Crippen LogP contribution in [0.2, 0.25) is 0 Å². The summed E-state index contributed by atoms with van der Waals surface area (Å²) in [6.07, 6.45) is 1.47. The van der Waals surface area contributed by atoms with E-state index < -0.39 is 0 Å². The van der Waals surface area contributed by atoms with Crippen molar-refractivity contribution in [2.24, 2.45) is 5.92 Å². The minimum absolute atomic E-state index is 0.0945. The Morgan fingerprint density at radius 1 is 1.15 bits per heavy atom. The van der Waals surface area contributed by atoms with Gasteiger partial charge in [-0.05, 0) is 66.4 Å². The van der Waals surface area contributed by atoms with Crippen molar-refractivity contribution in [3.8, 4) is 5.75 Å². The molecule has 3 aromatic rings. The van der Waals surface area contributed by atoms with Gasteiger partial charge in [0.25, 0.3) is 0 Å². The molecular formula is C18H20N6O2. The van der Waals surface area contributed by atoms with Crippen LogP contribution < -0.4 is 9.64 Å². The van der Waals surface area contributed by atoms with E-state index in [0.29, 0.717) is 11.4 Å². The zero-order valence-electron chi connectivity index (χ0n) is 14.8. The molecule has 0 unspecified atom stereocenters. The van der Waals surface area contributed by atoms with Crippen LogP contribution in [0.15, 0.2) is 30.3 Å². The van der Waals surface area contributed by atoms with Gasteiger partial charge < -0.3 is 9.64 Å². The lowest BCUT2D eigenvalue weighted by molar-refractivity contribution is -0.139. The number of aryl methyl sites for hydroxylation is 1. The number of aromatic nitrogens is 5. The van der Waals surface area contributed by atoms with Gasteiger partial charge in [-0.25, -0.2) is 0 Å². The Morgan fingerprint density at radius 3 is 2.77 bits per heavy atom. The molecule has 26 heavy (non-hydrogen) atoms. The molecule has 0 radical (unpaired) electrons. The summed E-state index contributed by atoms with van der Waals surface area (Å²) in [4.78, 5) is 14.7. The molecule has 0 spiro atoms. The lowest BCUT2D eigenvalue weighted by atomic mass is 9.97. The molecule has 0 amide bonds. The number of nitrogens with zero attached hydrogens (tertiary/aromatic N) is 6. The number of carbonyl (C=O) groups is 1. The Hall–Kier alpha value is -3.03. The van der Waals surface area contributed by atoms with Crippen LogP contribution in [0.1, 0.15) is 24.0 Å². The number of esters is 1. The van der Waals surface area contributed by atoms with Gasteiger partial charge >= 0.3 is 5.97 Å². The maximum atomic E-state index is 12.5. The van der Waals surface area contributed by atoms with Gasteiger partial charge in [0, 0.05) is 13.1 Å². The largest absolute Gasteiger partial charge is 0.426 e. The molecule has 1 saturated heterocycles. The molecule has 4 rings (SSSR count). The number of hydrogen-bond donors (Lipinski definition) is 0. The summed E-state index contributed by atoms with van der Waals surface area (Å²) in [6.45, 7) is 5.47. The highest BCUT2D eigenvalue weighted by Gasteiger charge is 2.27. The molecule has 8 heteroatoms. The summed E-state index contributed by atoms with van der Waals surface area (Å²) < 4.78 is 7.06. The molecule has 8 nitrogen and oxygen atoms in total. The van der Waals surface area contributed by atoms with E-state index in [1.807, 2.05) is 44.2 Å². The SMILES string of the molecule is Cc1cccc(OC(=O)C2CCN(c3ccc4nnnn4n3)CC2)c1C. The average Bonchev–Trinajstić information content (AvgIpc) is 3.13. The summed E-state index contributed by atoms with van der Waals surface area (Å²) >= 11 is 0. The first-order valence-corrected chi connectivity index (χ1v) is 8.70. The van der Waals surface area contributed by atoms with Crippen LogP contribution in [0.5, 0.6) is 5.75 Å². The second kappa shape index (κ2) is 6.70. The summed E-state index contributed by atoms with van der Waals surface area (Å²) in [5.41, 5.74) is 2.74. The summed E-state index contributed by atoms with van der Waals surface area (Å²) in [5.74, 6) is 1.22. The van der Waals surface area contributed by atoms with Gasteiger partial charge in [0.1, 0.15) is 5.75 Å². The molecular weight excluding hydrogens is 332 g/mol. The van der Waals surface area contributed by atoms with E-state index in [1.165, 1.54) is 4.63 Å². The molecule has 0 saturated carbocycles. The van der Waals surface area contributed by atoms with Crippen molar-refractivity contribution in [1.29, 1.82) is 0 Å². The molecule has 0 N–H and O–H groups in total. The third-order valence-corrected chi connectivity index (χ3v) is 4.97. The predicted molar refractivity (Wildman–Crippen MR) is 95.1 cm³/mol. The van der Waals surface area contributed by atoms with Gasteiger partial charge in [-0.15, -0.1) is 14.8 Å². The van der Waals surface area contributed by atoms with Crippen LogP contribution in [-0.4, -0.2) is 44.3 Å². The molecule has 1 aliphatic rings. The Kier molecular flexibility index (Phi) is 4.24. The van der Waals surface area contributed by atoms with Crippen molar-refractivity contribution >= 4 is 17.4 Å². The van der Waals surface area contributed by atoms with Crippen molar-refractivity contribution in [2.45, 2.75) is 26.7 Å². The van der Waals surface area contributed by atoms with Crippen molar-refractivity contribution in [3.63, 3.8) is 0 Å². The van der Waals surface area contributed by atoms with Crippen molar-refractivity contribution in [2.75, 3.05) is 18.0 Å². The number of hydrogen-bond acceptors (Lipinski definition) is 7. The molecule has 1 fully saturated rings. The second-order valence-electron chi connectivity index (χ2n) is 6.60. The monoisotopic (exact) mass is 352 g/mol. The zero-order chi connectivity index (χ0) is 18.1. The minimum atomic E-state index is -0.151. The Morgan fingerprint density at radius 2 is 1.96 bits per heavy atom. The first-order valence-electron chi connectivity index (χ1n) is 8.70. The highest BCUT2D eigenvalue weighted by Crippen LogP contribution is 2.26. The number of tetrazole rings is 1. The molecule has 0 aliphatic carbocycles. The Balaban J connectivity index is 1.39. The van der Waals surface area contributed by atoms with Crippen LogP contribution in [-0.2, 0) is 4.79 Å². The number of anilines is 1. The van der Waals surface area contributed by atoms with E-state index in [1.54, 1.807) is 0 Å². The smallest absolute Gasteiger partial charge is 0.314 e. The van der Waals surface area contributed by atoms with Gasteiger partial charge in [0.2, 0.25) is 0 Å². The van der Waals surface area contributed by atoms with Crippen LogP contribution in [0.3, 0.4) is 0 Å². The molecule has 134 valence electrons. The van der Waals surface area contributed by atoms with E-state index in [9.17, 15) is 4.79 Å². The molecule has 1 aliphatic heterocycles. The van der Waals surface area contributed by atoms with Crippen LogP contribution in [0, 0.1) is 19.8 Å².